The molecule has 136 valence electrons. The van der Waals surface area contributed by atoms with E-state index < -0.39 is 0 Å². The van der Waals surface area contributed by atoms with E-state index in [1.54, 1.807) is 11.1 Å². The van der Waals surface area contributed by atoms with Crippen LogP contribution in [0.5, 0.6) is 0 Å². The minimum Gasteiger partial charge on any atom is -0.0619 e. The molecular weight excluding hydrogens is 336 g/mol. The lowest BCUT2D eigenvalue weighted by Crippen LogP contribution is -1.98. The van der Waals surface area contributed by atoms with Crippen LogP contribution in [0.1, 0.15) is 53.1 Å². The first-order valence-electron chi connectivity index (χ1n) is 10.4. The van der Waals surface area contributed by atoms with Gasteiger partial charge in [0, 0.05) is 0 Å². The number of hydrogen-bond donors (Lipinski definition) is 0. The summed E-state index contributed by atoms with van der Waals surface area (Å²) in [6.45, 7) is 6.91. The Bertz CT molecular complexity index is 1290. The average molecular weight is 361 g/mol. The zero-order valence-electron chi connectivity index (χ0n) is 16.8. The van der Waals surface area contributed by atoms with Gasteiger partial charge in [-0.1, -0.05) is 62.4 Å². The summed E-state index contributed by atoms with van der Waals surface area (Å²) >= 11 is 0. The van der Waals surface area contributed by atoms with Crippen molar-refractivity contribution in [3.63, 3.8) is 0 Å². The monoisotopic (exact) mass is 360 g/mol. The van der Waals surface area contributed by atoms with Gasteiger partial charge in [0.2, 0.25) is 0 Å². The molecule has 28 heavy (non-hydrogen) atoms. The molecule has 0 unspecified atom stereocenters. The number of benzene rings is 4. The van der Waals surface area contributed by atoms with Gasteiger partial charge in [-0.25, -0.2) is 0 Å². The van der Waals surface area contributed by atoms with E-state index in [0.29, 0.717) is 5.92 Å². The number of aryl methyl sites for hydroxylation is 1. The maximum Gasteiger partial charge on any atom is -0.000728 e. The van der Waals surface area contributed by atoms with Crippen molar-refractivity contribution in [1.82, 2.24) is 0 Å². The molecule has 0 aliphatic heterocycles. The Morgan fingerprint density at radius 2 is 1.43 bits per heavy atom. The van der Waals surface area contributed by atoms with Crippen molar-refractivity contribution in [3.8, 4) is 22.3 Å². The van der Waals surface area contributed by atoms with E-state index in [-0.39, 0.29) is 0 Å². The third-order valence-corrected chi connectivity index (χ3v) is 6.84. The van der Waals surface area contributed by atoms with Crippen molar-refractivity contribution in [2.45, 2.75) is 39.5 Å². The molecule has 0 spiro atoms. The Morgan fingerprint density at radius 3 is 2.29 bits per heavy atom. The zero-order chi connectivity index (χ0) is 19.0. The fraction of sp³-hybridized carbons (Fsp3) is 0.214. The molecule has 0 saturated heterocycles. The molecule has 0 heteroatoms. The van der Waals surface area contributed by atoms with Crippen LogP contribution in [0.3, 0.4) is 0 Å². The van der Waals surface area contributed by atoms with Gasteiger partial charge in [0.05, 0.1) is 0 Å². The first kappa shape index (κ1) is 16.1. The molecule has 6 rings (SSSR count). The van der Waals surface area contributed by atoms with Crippen LogP contribution in [0.25, 0.3) is 33.0 Å². The SMILES string of the molecule is Cc1ccc2c(c1C(C)C)Cc1cc3c4c(ccc3cc1-2)-c1ccccc1C4. The molecule has 2 aliphatic carbocycles. The summed E-state index contributed by atoms with van der Waals surface area (Å²) in [6.07, 6.45) is 2.14. The third-order valence-electron chi connectivity index (χ3n) is 6.84. The zero-order valence-corrected chi connectivity index (χ0v) is 16.8. The van der Waals surface area contributed by atoms with E-state index in [0.717, 1.165) is 12.8 Å². The smallest absolute Gasteiger partial charge is 0.000728 e. The fourth-order valence-corrected chi connectivity index (χ4v) is 5.67. The second-order valence-electron chi connectivity index (χ2n) is 8.81. The van der Waals surface area contributed by atoms with Gasteiger partial charge < -0.3 is 0 Å². The van der Waals surface area contributed by atoms with Crippen LogP contribution in [-0.2, 0) is 12.8 Å². The summed E-state index contributed by atoms with van der Waals surface area (Å²) in [7, 11) is 0. The van der Waals surface area contributed by atoms with Gasteiger partial charge >= 0.3 is 0 Å². The van der Waals surface area contributed by atoms with Crippen LogP contribution >= 0.6 is 0 Å². The van der Waals surface area contributed by atoms with E-state index in [1.807, 2.05) is 0 Å². The first-order chi connectivity index (χ1) is 13.6. The molecule has 0 heterocycles. The fourth-order valence-electron chi connectivity index (χ4n) is 5.67. The summed E-state index contributed by atoms with van der Waals surface area (Å²) in [5.41, 5.74) is 14.8. The minimum absolute atomic E-state index is 0.567. The average Bonchev–Trinajstić information content (AvgIpc) is 3.23. The minimum atomic E-state index is 0.567. The third kappa shape index (κ3) is 2.06. The van der Waals surface area contributed by atoms with Crippen LogP contribution in [0.4, 0.5) is 0 Å². The number of rotatable bonds is 1. The van der Waals surface area contributed by atoms with Crippen molar-refractivity contribution in [1.29, 1.82) is 0 Å². The molecule has 0 N–H and O–H groups in total. The summed E-state index contributed by atoms with van der Waals surface area (Å²) < 4.78 is 0. The highest BCUT2D eigenvalue weighted by Crippen LogP contribution is 2.46. The van der Waals surface area contributed by atoms with Gasteiger partial charge in [-0.3, -0.25) is 0 Å². The molecule has 0 saturated carbocycles. The largest absolute Gasteiger partial charge is 0.0619 e. The van der Waals surface area contributed by atoms with Crippen LogP contribution in [-0.4, -0.2) is 0 Å². The van der Waals surface area contributed by atoms with Crippen molar-refractivity contribution in [2.75, 3.05) is 0 Å². The van der Waals surface area contributed by atoms with Gasteiger partial charge in [-0.05, 0) is 104 Å². The topological polar surface area (TPSA) is 0 Å². The lowest BCUT2D eigenvalue weighted by Gasteiger charge is -2.15. The number of fused-ring (bicyclic) bond motifs is 8. The van der Waals surface area contributed by atoms with E-state index in [1.165, 1.54) is 55.3 Å². The second kappa shape index (κ2) is 5.58. The summed E-state index contributed by atoms with van der Waals surface area (Å²) in [4.78, 5) is 0. The molecule has 4 aromatic carbocycles. The predicted octanol–water partition coefficient (Wildman–Crippen LogP) is 7.41. The Labute approximate surface area is 166 Å². The normalized spacial score (nSPS) is 13.6. The molecule has 4 aromatic rings. The number of hydrogen-bond acceptors (Lipinski definition) is 0. The van der Waals surface area contributed by atoms with Crippen molar-refractivity contribution in [2.24, 2.45) is 0 Å². The highest BCUT2D eigenvalue weighted by Gasteiger charge is 2.26. The standard InChI is InChI=1S/C28H24/c1-16(2)28-17(3)8-10-23-25-12-19-9-11-22-21-7-5-4-6-18(21)13-26(22)24(19)14-20(25)15-27(23)28/h4-12,14,16H,13,15H2,1-3H3. The summed E-state index contributed by atoms with van der Waals surface area (Å²) in [6, 6.07) is 23.1. The maximum atomic E-state index is 2.49. The first-order valence-corrected chi connectivity index (χ1v) is 10.4. The van der Waals surface area contributed by atoms with Crippen molar-refractivity contribution >= 4 is 10.8 Å². The van der Waals surface area contributed by atoms with Gasteiger partial charge in [0.1, 0.15) is 0 Å². The molecule has 0 nitrogen and oxygen atoms in total. The van der Waals surface area contributed by atoms with Crippen LogP contribution in [0, 0.1) is 6.92 Å². The Balaban J connectivity index is 1.58. The molecule has 0 amide bonds. The van der Waals surface area contributed by atoms with E-state index in [9.17, 15) is 0 Å². The van der Waals surface area contributed by atoms with E-state index in [4.69, 9.17) is 0 Å². The van der Waals surface area contributed by atoms with E-state index in [2.05, 4.69) is 81.4 Å². The van der Waals surface area contributed by atoms with Gasteiger partial charge in [0.25, 0.3) is 0 Å². The molecule has 2 aliphatic rings. The molecule has 0 fully saturated rings. The van der Waals surface area contributed by atoms with E-state index >= 15 is 0 Å². The molecule has 0 radical (unpaired) electrons. The Morgan fingerprint density at radius 1 is 0.679 bits per heavy atom. The Hall–Kier alpha value is -2.86. The molecule has 0 aromatic heterocycles. The summed E-state index contributed by atoms with van der Waals surface area (Å²) in [5.74, 6) is 0.567. The van der Waals surface area contributed by atoms with Crippen LogP contribution in [0.15, 0.2) is 60.7 Å². The van der Waals surface area contributed by atoms with Crippen LogP contribution in [0.2, 0.25) is 0 Å². The summed E-state index contributed by atoms with van der Waals surface area (Å²) in [5, 5.41) is 2.83. The molecule has 0 bridgehead atoms. The molecule has 0 atom stereocenters. The highest BCUT2D eigenvalue weighted by molar-refractivity contribution is 5.99. The van der Waals surface area contributed by atoms with Gasteiger partial charge in [-0.2, -0.15) is 0 Å². The van der Waals surface area contributed by atoms with Gasteiger partial charge in [0.15, 0.2) is 0 Å². The lowest BCUT2D eigenvalue weighted by molar-refractivity contribution is 0.842. The quantitative estimate of drug-likeness (QED) is 0.286. The highest BCUT2D eigenvalue weighted by atomic mass is 14.3. The van der Waals surface area contributed by atoms with Crippen molar-refractivity contribution in [3.05, 3.63) is 94.0 Å². The predicted molar refractivity (Wildman–Crippen MR) is 119 cm³/mol. The second-order valence-corrected chi connectivity index (χ2v) is 8.81. The Kier molecular flexibility index (Phi) is 3.21. The van der Waals surface area contributed by atoms with Crippen molar-refractivity contribution < 1.29 is 0 Å². The van der Waals surface area contributed by atoms with Gasteiger partial charge in [-0.15, -0.1) is 0 Å². The molecular formula is C28H24. The maximum absolute atomic E-state index is 2.49. The lowest BCUT2D eigenvalue weighted by atomic mass is 9.89. The van der Waals surface area contributed by atoms with Crippen LogP contribution < -0.4 is 0 Å².